The molecule has 0 aliphatic carbocycles. The largest absolute Gasteiger partial charge is 0.385 e. The highest BCUT2D eigenvalue weighted by molar-refractivity contribution is 7.51. The highest BCUT2D eigenvalue weighted by Gasteiger charge is 2.50. The number of aliphatic hydroxyl groups is 2. The topological polar surface area (TPSA) is 116 Å². The zero-order chi connectivity index (χ0) is 11.9. The summed E-state index contributed by atoms with van der Waals surface area (Å²) in [6.45, 7) is 1.24. The minimum atomic E-state index is -4.34. The van der Waals surface area contributed by atoms with Gasteiger partial charge in [-0.25, -0.2) is 0 Å². The normalized spacial score (nSPS) is 42.1. The van der Waals surface area contributed by atoms with E-state index in [0.29, 0.717) is 0 Å². The lowest BCUT2D eigenvalue weighted by atomic mass is 9.83. The molecule has 9 heteroatoms. The van der Waals surface area contributed by atoms with E-state index in [-0.39, 0.29) is 0 Å². The number of hydrogen-bond donors (Lipinski definition) is 4. The van der Waals surface area contributed by atoms with Crippen molar-refractivity contribution in [1.82, 2.24) is 0 Å². The van der Waals surface area contributed by atoms with Gasteiger partial charge in [0.2, 0.25) is 0 Å². The number of hydrogen-bond acceptors (Lipinski definition) is 5. The van der Waals surface area contributed by atoms with Crippen molar-refractivity contribution < 1.29 is 34.0 Å². The van der Waals surface area contributed by atoms with E-state index in [1.165, 1.54) is 6.92 Å². The first-order valence-electron chi connectivity index (χ1n) is 4.12. The SMILES string of the molecule is [B]C1OC(OCP(=O)(O)O)C(O)C1(C)O. The van der Waals surface area contributed by atoms with Crippen LogP contribution in [0.2, 0.25) is 0 Å². The molecule has 0 bridgehead atoms. The van der Waals surface area contributed by atoms with Gasteiger partial charge >= 0.3 is 7.60 Å². The van der Waals surface area contributed by atoms with Gasteiger partial charge in [-0.05, 0) is 6.92 Å². The first-order valence-corrected chi connectivity index (χ1v) is 5.92. The molecule has 0 aromatic carbocycles. The molecule has 1 rings (SSSR count). The van der Waals surface area contributed by atoms with Crippen LogP contribution in [-0.4, -0.2) is 58.2 Å². The third kappa shape index (κ3) is 3.01. The van der Waals surface area contributed by atoms with Gasteiger partial charge in [0.05, 0.1) is 6.00 Å². The van der Waals surface area contributed by atoms with Crippen molar-refractivity contribution >= 4 is 15.4 Å². The third-order valence-electron chi connectivity index (χ3n) is 2.12. The highest BCUT2D eigenvalue weighted by Crippen LogP contribution is 2.37. The lowest BCUT2D eigenvalue weighted by molar-refractivity contribution is -0.150. The maximum absolute atomic E-state index is 10.5. The molecule has 1 heterocycles. The minimum absolute atomic E-state index is 0.905. The summed E-state index contributed by atoms with van der Waals surface area (Å²) < 4.78 is 19.9. The number of aliphatic hydroxyl groups excluding tert-OH is 1. The van der Waals surface area contributed by atoms with Crippen molar-refractivity contribution in [2.45, 2.75) is 30.9 Å². The predicted octanol–water partition coefficient (Wildman–Crippen LogP) is -1.90. The molecule has 15 heavy (non-hydrogen) atoms. The maximum Gasteiger partial charge on any atom is 0.351 e. The summed E-state index contributed by atoms with van der Waals surface area (Å²) in [5.74, 6) is 0. The second-order valence-electron chi connectivity index (χ2n) is 3.56. The van der Waals surface area contributed by atoms with Crippen LogP contribution in [0.4, 0.5) is 0 Å². The standard InChI is InChI=1S/C6H12BO7P/c1-6(9)3(8)4(14-5(6)7)13-2-15(10,11)12/h3-5,8-9H,2H2,1H3,(H2,10,11,12). The summed E-state index contributed by atoms with van der Waals surface area (Å²) >= 11 is 0. The number of ether oxygens (including phenoxy) is 2. The van der Waals surface area contributed by atoms with Crippen LogP contribution in [-0.2, 0) is 14.0 Å². The average molecular weight is 238 g/mol. The van der Waals surface area contributed by atoms with Gasteiger partial charge in [-0.2, -0.15) is 0 Å². The lowest BCUT2D eigenvalue weighted by Crippen LogP contribution is -2.45. The summed E-state index contributed by atoms with van der Waals surface area (Å²) in [4.78, 5) is 17.0. The van der Waals surface area contributed by atoms with Crippen LogP contribution >= 0.6 is 7.60 Å². The molecule has 7 nitrogen and oxygen atoms in total. The van der Waals surface area contributed by atoms with E-state index in [0.717, 1.165) is 0 Å². The van der Waals surface area contributed by atoms with Crippen molar-refractivity contribution in [2.75, 3.05) is 6.35 Å². The van der Waals surface area contributed by atoms with E-state index in [2.05, 4.69) is 4.74 Å². The fourth-order valence-corrected chi connectivity index (χ4v) is 1.44. The molecule has 1 saturated heterocycles. The summed E-state index contributed by atoms with van der Waals surface area (Å²) in [6, 6.07) is -1.17. The van der Waals surface area contributed by atoms with E-state index in [4.69, 9.17) is 22.4 Å². The van der Waals surface area contributed by atoms with Crippen LogP contribution in [0.3, 0.4) is 0 Å². The Kier molecular flexibility index (Phi) is 3.62. The molecule has 4 N–H and O–H groups in total. The molecule has 1 fully saturated rings. The Morgan fingerprint density at radius 3 is 2.47 bits per heavy atom. The van der Waals surface area contributed by atoms with Crippen molar-refractivity contribution in [3.63, 3.8) is 0 Å². The summed E-state index contributed by atoms with van der Waals surface area (Å²) in [5, 5.41) is 19.0. The fraction of sp³-hybridized carbons (Fsp3) is 1.00. The van der Waals surface area contributed by atoms with Crippen molar-refractivity contribution in [1.29, 1.82) is 0 Å². The van der Waals surface area contributed by atoms with Gasteiger partial charge in [0.1, 0.15) is 19.6 Å². The quantitative estimate of drug-likeness (QED) is 0.335. The average Bonchev–Trinajstić information content (AvgIpc) is 2.25. The van der Waals surface area contributed by atoms with Crippen LogP contribution in [0.25, 0.3) is 0 Å². The Morgan fingerprint density at radius 1 is 1.60 bits per heavy atom. The Hall–Kier alpha value is 0.0549. The minimum Gasteiger partial charge on any atom is -0.385 e. The van der Waals surface area contributed by atoms with Gasteiger partial charge in [-0.15, -0.1) is 0 Å². The van der Waals surface area contributed by atoms with Crippen molar-refractivity contribution in [2.24, 2.45) is 0 Å². The van der Waals surface area contributed by atoms with Gasteiger partial charge in [0.25, 0.3) is 0 Å². The monoisotopic (exact) mass is 238 g/mol. The number of rotatable bonds is 3. The zero-order valence-electron chi connectivity index (χ0n) is 7.98. The van der Waals surface area contributed by atoms with Gasteiger partial charge in [-0.3, -0.25) is 4.57 Å². The Bertz CT molecular complexity index is 277. The van der Waals surface area contributed by atoms with Gasteiger partial charge < -0.3 is 29.5 Å². The van der Waals surface area contributed by atoms with Crippen LogP contribution in [0.5, 0.6) is 0 Å². The molecule has 0 amide bonds. The van der Waals surface area contributed by atoms with Gasteiger partial charge in [0.15, 0.2) is 12.6 Å². The molecule has 0 aromatic rings. The van der Waals surface area contributed by atoms with Crippen LogP contribution in [0.1, 0.15) is 6.92 Å². The Balaban J connectivity index is 2.57. The first kappa shape index (κ1) is 13.1. The fourth-order valence-electron chi connectivity index (χ4n) is 1.10. The molecule has 4 atom stereocenters. The van der Waals surface area contributed by atoms with E-state index in [1.807, 2.05) is 0 Å². The van der Waals surface area contributed by atoms with E-state index in [1.54, 1.807) is 0 Å². The first-order chi connectivity index (χ1) is 6.64. The third-order valence-corrected chi connectivity index (χ3v) is 2.61. The second kappa shape index (κ2) is 4.14. The second-order valence-corrected chi connectivity index (χ2v) is 5.14. The van der Waals surface area contributed by atoms with E-state index in [9.17, 15) is 14.8 Å². The molecule has 0 saturated carbocycles. The molecular formula is C6H12BO7P. The molecule has 1 aliphatic heterocycles. The van der Waals surface area contributed by atoms with Crippen LogP contribution in [0, 0.1) is 0 Å². The van der Waals surface area contributed by atoms with Gasteiger partial charge in [0, 0.05) is 0 Å². The summed E-state index contributed by atoms with van der Waals surface area (Å²) in [7, 11) is 0.984. The Labute approximate surface area is 87.6 Å². The van der Waals surface area contributed by atoms with Crippen LogP contribution in [0.15, 0.2) is 0 Å². The highest BCUT2D eigenvalue weighted by atomic mass is 31.2. The van der Waals surface area contributed by atoms with Crippen molar-refractivity contribution in [3.8, 4) is 0 Å². The lowest BCUT2D eigenvalue weighted by Gasteiger charge is -2.24. The molecule has 0 aromatic heterocycles. The molecular weight excluding hydrogens is 226 g/mol. The zero-order valence-corrected chi connectivity index (χ0v) is 8.87. The molecule has 4 unspecified atom stereocenters. The summed E-state index contributed by atoms with van der Waals surface area (Å²) in [6.07, 6.45) is -3.71. The Morgan fingerprint density at radius 2 is 2.13 bits per heavy atom. The van der Waals surface area contributed by atoms with E-state index < -0.39 is 37.9 Å². The van der Waals surface area contributed by atoms with Crippen LogP contribution < -0.4 is 0 Å². The molecule has 0 spiro atoms. The summed E-state index contributed by atoms with van der Waals surface area (Å²) in [5.41, 5.74) is -1.71. The van der Waals surface area contributed by atoms with Crippen molar-refractivity contribution in [3.05, 3.63) is 0 Å². The molecule has 1 aliphatic rings. The molecule has 86 valence electrons. The maximum atomic E-state index is 10.5. The van der Waals surface area contributed by atoms with E-state index >= 15 is 0 Å². The smallest absolute Gasteiger partial charge is 0.351 e. The molecule has 2 radical (unpaired) electrons. The van der Waals surface area contributed by atoms with Gasteiger partial charge in [-0.1, -0.05) is 0 Å². The predicted molar refractivity (Wildman–Crippen MR) is 49.0 cm³/mol.